The van der Waals surface area contributed by atoms with E-state index >= 15 is 0 Å². The summed E-state index contributed by atoms with van der Waals surface area (Å²) >= 11 is 0. The largest absolute Gasteiger partial charge is 0.493 e. The van der Waals surface area contributed by atoms with Crippen LogP contribution in [0.15, 0.2) is 24.5 Å². The molecule has 1 aromatic carbocycles. The number of nitrogens with zero attached hydrogens (tertiary/aromatic N) is 3. The van der Waals surface area contributed by atoms with E-state index in [2.05, 4.69) is 10.1 Å². The van der Waals surface area contributed by atoms with Crippen LogP contribution in [-0.4, -0.2) is 26.5 Å². The van der Waals surface area contributed by atoms with Crippen LogP contribution in [0.3, 0.4) is 0 Å². The first-order valence-corrected chi connectivity index (χ1v) is 6.00. The lowest BCUT2D eigenvalue weighted by Gasteiger charge is -2.11. The van der Waals surface area contributed by atoms with Gasteiger partial charge in [-0.25, -0.2) is 4.98 Å². The van der Waals surface area contributed by atoms with E-state index in [-0.39, 0.29) is 0 Å². The summed E-state index contributed by atoms with van der Waals surface area (Å²) < 4.78 is 7.13. The summed E-state index contributed by atoms with van der Waals surface area (Å²) in [6, 6.07) is 5.85. The molecule has 0 bridgehead atoms. The molecule has 5 heteroatoms. The van der Waals surface area contributed by atoms with Crippen molar-refractivity contribution in [3.05, 3.63) is 41.5 Å². The van der Waals surface area contributed by atoms with Crippen molar-refractivity contribution in [2.45, 2.75) is 18.9 Å². The third-order valence-electron chi connectivity index (χ3n) is 3.28. The molecule has 1 N–H and O–H groups in total. The zero-order valence-corrected chi connectivity index (χ0v) is 10.2. The number of aliphatic hydroxyl groups excluding tert-OH is 1. The molecule has 94 valence electrons. The molecule has 0 amide bonds. The monoisotopic (exact) mass is 245 g/mol. The molecule has 18 heavy (non-hydrogen) atoms. The van der Waals surface area contributed by atoms with Crippen LogP contribution >= 0.6 is 0 Å². The van der Waals surface area contributed by atoms with Crippen molar-refractivity contribution in [3.8, 4) is 5.75 Å². The van der Waals surface area contributed by atoms with E-state index in [9.17, 15) is 5.11 Å². The van der Waals surface area contributed by atoms with Crippen molar-refractivity contribution < 1.29 is 9.84 Å². The van der Waals surface area contributed by atoms with Crippen molar-refractivity contribution in [1.29, 1.82) is 0 Å². The zero-order chi connectivity index (χ0) is 12.5. The Bertz CT molecular complexity index is 565. The van der Waals surface area contributed by atoms with Crippen LogP contribution in [0.25, 0.3) is 0 Å². The van der Waals surface area contributed by atoms with Crippen LogP contribution < -0.4 is 4.74 Å². The molecule has 0 saturated carbocycles. The molecule has 5 nitrogen and oxygen atoms in total. The first kappa shape index (κ1) is 11.2. The highest BCUT2D eigenvalue weighted by atomic mass is 16.5. The topological polar surface area (TPSA) is 60.2 Å². The van der Waals surface area contributed by atoms with Crippen molar-refractivity contribution in [1.82, 2.24) is 14.8 Å². The van der Waals surface area contributed by atoms with E-state index < -0.39 is 6.10 Å². The van der Waals surface area contributed by atoms with Crippen LogP contribution in [0.5, 0.6) is 5.75 Å². The molecule has 0 spiro atoms. The van der Waals surface area contributed by atoms with Crippen LogP contribution in [0.4, 0.5) is 0 Å². The SMILES string of the molecule is Cn1ncnc1CC(O)c1ccc2c(c1)CCO2. The minimum Gasteiger partial charge on any atom is -0.493 e. The summed E-state index contributed by atoms with van der Waals surface area (Å²) in [5, 5.41) is 14.2. The molecule has 0 saturated heterocycles. The molecular weight excluding hydrogens is 230 g/mol. The van der Waals surface area contributed by atoms with E-state index in [0.717, 1.165) is 30.2 Å². The quantitative estimate of drug-likeness (QED) is 0.877. The maximum absolute atomic E-state index is 10.2. The van der Waals surface area contributed by atoms with Gasteiger partial charge < -0.3 is 9.84 Å². The first-order chi connectivity index (χ1) is 8.74. The Kier molecular flexibility index (Phi) is 2.76. The van der Waals surface area contributed by atoms with E-state index in [4.69, 9.17) is 4.74 Å². The number of hydrogen-bond acceptors (Lipinski definition) is 4. The molecule has 1 atom stereocenters. The number of aliphatic hydroxyl groups is 1. The van der Waals surface area contributed by atoms with Gasteiger partial charge in [0.25, 0.3) is 0 Å². The van der Waals surface area contributed by atoms with Gasteiger partial charge in [-0.15, -0.1) is 0 Å². The number of rotatable bonds is 3. The summed E-state index contributed by atoms with van der Waals surface area (Å²) in [5.74, 6) is 1.71. The Morgan fingerprint density at radius 2 is 2.39 bits per heavy atom. The van der Waals surface area contributed by atoms with E-state index in [1.165, 1.54) is 11.9 Å². The van der Waals surface area contributed by atoms with Crippen molar-refractivity contribution in [3.63, 3.8) is 0 Å². The molecular formula is C13H15N3O2. The second-order valence-electron chi connectivity index (χ2n) is 4.49. The van der Waals surface area contributed by atoms with Crippen LogP contribution in [0.2, 0.25) is 0 Å². The molecule has 1 aliphatic rings. The Morgan fingerprint density at radius 1 is 1.50 bits per heavy atom. The highest BCUT2D eigenvalue weighted by Gasteiger charge is 2.17. The fraction of sp³-hybridized carbons (Fsp3) is 0.385. The highest BCUT2D eigenvalue weighted by Crippen LogP contribution is 2.28. The highest BCUT2D eigenvalue weighted by molar-refractivity contribution is 5.40. The molecule has 0 radical (unpaired) electrons. The predicted octanol–water partition coefficient (Wildman–Crippen LogP) is 1.03. The lowest BCUT2D eigenvalue weighted by atomic mass is 10.0. The summed E-state index contributed by atoms with van der Waals surface area (Å²) in [7, 11) is 1.82. The lowest BCUT2D eigenvalue weighted by Crippen LogP contribution is -2.07. The number of ether oxygens (including phenoxy) is 1. The van der Waals surface area contributed by atoms with Gasteiger partial charge in [-0.05, 0) is 23.3 Å². The molecule has 2 heterocycles. The van der Waals surface area contributed by atoms with Gasteiger partial charge >= 0.3 is 0 Å². The number of aryl methyl sites for hydroxylation is 1. The van der Waals surface area contributed by atoms with Crippen molar-refractivity contribution >= 4 is 0 Å². The van der Waals surface area contributed by atoms with Gasteiger partial charge in [0.15, 0.2) is 0 Å². The smallest absolute Gasteiger partial charge is 0.138 e. The average Bonchev–Trinajstić information content (AvgIpc) is 2.98. The minimum atomic E-state index is -0.557. The van der Waals surface area contributed by atoms with Gasteiger partial charge in [-0.2, -0.15) is 5.10 Å². The third-order valence-corrected chi connectivity index (χ3v) is 3.28. The van der Waals surface area contributed by atoms with Gasteiger partial charge in [-0.1, -0.05) is 6.07 Å². The first-order valence-electron chi connectivity index (χ1n) is 6.00. The maximum Gasteiger partial charge on any atom is 0.138 e. The van der Waals surface area contributed by atoms with Crippen LogP contribution in [0, 0.1) is 0 Å². The van der Waals surface area contributed by atoms with Gasteiger partial charge in [0.1, 0.15) is 17.9 Å². The maximum atomic E-state index is 10.2. The van der Waals surface area contributed by atoms with Gasteiger partial charge in [0.05, 0.1) is 12.7 Å². The fourth-order valence-electron chi connectivity index (χ4n) is 2.21. The number of benzene rings is 1. The van der Waals surface area contributed by atoms with Gasteiger partial charge in [0, 0.05) is 19.9 Å². The molecule has 2 aromatic rings. The summed E-state index contributed by atoms with van der Waals surface area (Å²) in [6.07, 6.45) is 2.33. The third kappa shape index (κ3) is 1.97. The summed E-state index contributed by atoms with van der Waals surface area (Å²) in [4.78, 5) is 4.12. The molecule has 0 fully saturated rings. The van der Waals surface area contributed by atoms with E-state index in [0.29, 0.717) is 6.42 Å². The van der Waals surface area contributed by atoms with Crippen molar-refractivity contribution in [2.24, 2.45) is 7.05 Å². The molecule has 1 aromatic heterocycles. The van der Waals surface area contributed by atoms with Gasteiger partial charge in [-0.3, -0.25) is 4.68 Å². The molecule has 3 rings (SSSR count). The fourth-order valence-corrected chi connectivity index (χ4v) is 2.21. The molecule has 1 aliphatic heterocycles. The normalized spacial score (nSPS) is 15.2. The molecule has 0 aliphatic carbocycles. The Morgan fingerprint density at radius 3 is 3.17 bits per heavy atom. The lowest BCUT2D eigenvalue weighted by molar-refractivity contribution is 0.174. The minimum absolute atomic E-state index is 0.468. The summed E-state index contributed by atoms with van der Waals surface area (Å²) in [6.45, 7) is 0.734. The number of fused-ring (bicyclic) bond motifs is 1. The van der Waals surface area contributed by atoms with E-state index in [1.54, 1.807) is 4.68 Å². The predicted molar refractivity (Wildman–Crippen MR) is 65.3 cm³/mol. The Labute approximate surface area is 105 Å². The van der Waals surface area contributed by atoms with Crippen LogP contribution in [0.1, 0.15) is 23.1 Å². The standard InChI is InChI=1S/C13H15N3O2/c1-16-13(14-8-15-16)7-11(17)9-2-3-12-10(6-9)4-5-18-12/h2-3,6,8,11,17H,4-5,7H2,1H3. The Hall–Kier alpha value is -1.88. The second kappa shape index (κ2) is 4.42. The number of aromatic nitrogens is 3. The second-order valence-corrected chi connectivity index (χ2v) is 4.49. The molecule has 1 unspecified atom stereocenters. The number of hydrogen-bond donors (Lipinski definition) is 1. The van der Waals surface area contributed by atoms with Crippen LogP contribution in [-0.2, 0) is 19.9 Å². The summed E-state index contributed by atoms with van der Waals surface area (Å²) in [5.41, 5.74) is 2.08. The zero-order valence-electron chi connectivity index (χ0n) is 10.2. The Balaban J connectivity index is 1.80. The average molecular weight is 245 g/mol. The van der Waals surface area contributed by atoms with E-state index in [1.807, 2.05) is 25.2 Å². The van der Waals surface area contributed by atoms with Gasteiger partial charge in [0.2, 0.25) is 0 Å². The van der Waals surface area contributed by atoms with Crippen molar-refractivity contribution in [2.75, 3.05) is 6.61 Å².